The molecule has 0 aromatic heterocycles. The lowest BCUT2D eigenvalue weighted by Crippen LogP contribution is -2.62. The zero-order chi connectivity index (χ0) is 45.3. The number of cyclic esters (lactones) is 1. The van der Waals surface area contributed by atoms with Crippen molar-refractivity contribution in [3.05, 3.63) is 0 Å². The van der Waals surface area contributed by atoms with Gasteiger partial charge in [-0.3, -0.25) is 9.69 Å². The molecular formula is C44H78N2O14. The average molecular weight is 859 g/mol. The standard InChI is InChI=1S/C44H78N2O14/c1-15-17-18-46(12)31-21-26(4)57-41(36(31)47)60-39-27(5)34(32-23-43(10,54-14)38(49)30(8)58-32)28(6)40(50)59-33(16-2)44(11,52)37(48)29(7)35(25(3)22-42(39,9)51)45-56-24-55-20-19-53-13/h1,25-34,36-39,41,47-49,51-52H,16-24H2,2-14H3/b45-35+/t25-,26-,27+,28-,29+,30+,31?,32?,33?,34+,36-,37-,38+,39-,41+,42-,43-,44-/m1/s1. The van der Waals surface area contributed by atoms with Gasteiger partial charge in [-0.2, -0.15) is 0 Å². The predicted octanol–water partition coefficient (Wildman–Crippen LogP) is 2.88. The van der Waals surface area contributed by atoms with Crippen molar-refractivity contribution in [1.82, 2.24) is 4.90 Å². The molecule has 3 aliphatic heterocycles. The molecule has 0 aliphatic carbocycles. The molecule has 3 unspecified atom stereocenters. The Balaban J connectivity index is 2.27. The topological polar surface area (TPSA) is 208 Å². The number of nitrogens with zero attached hydrogens (tertiary/aromatic N) is 2. The molecule has 3 rings (SSSR count). The minimum absolute atomic E-state index is 0.0169. The summed E-state index contributed by atoms with van der Waals surface area (Å²) in [5.41, 5.74) is -4.47. The molecule has 18 atom stereocenters. The van der Waals surface area contributed by atoms with E-state index in [1.165, 1.54) is 14.0 Å². The fraction of sp³-hybridized carbons (Fsp3) is 0.909. The predicted molar refractivity (Wildman–Crippen MR) is 223 cm³/mol. The summed E-state index contributed by atoms with van der Waals surface area (Å²) in [5.74, 6) is -1.95. The molecule has 3 saturated heterocycles. The summed E-state index contributed by atoms with van der Waals surface area (Å²) in [6, 6.07) is -0.385. The van der Waals surface area contributed by atoms with Crippen LogP contribution in [0.25, 0.3) is 0 Å². The lowest BCUT2D eigenvalue weighted by molar-refractivity contribution is -0.302. The smallest absolute Gasteiger partial charge is 0.309 e. The van der Waals surface area contributed by atoms with Gasteiger partial charge in [-0.25, -0.2) is 0 Å². The van der Waals surface area contributed by atoms with Crippen molar-refractivity contribution in [2.45, 2.75) is 179 Å². The second-order valence-corrected chi connectivity index (χ2v) is 18.3. The summed E-state index contributed by atoms with van der Waals surface area (Å²) in [4.78, 5) is 22.1. The van der Waals surface area contributed by atoms with Crippen LogP contribution < -0.4 is 0 Å². The maximum atomic E-state index is 14.5. The van der Waals surface area contributed by atoms with Gasteiger partial charge in [-0.05, 0) is 66.8 Å². The summed E-state index contributed by atoms with van der Waals surface area (Å²) in [7, 11) is 4.95. The van der Waals surface area contributed by atoms with Crippen molar-refractivity contribution in [2.75, 3.05) is 47.8 Å². The summed E-state index contributed by atoms with van der Waals surface area (Å²) < 4.78 is 42.3. The van der Waals surface area contributed by atoms with Gasteiger partial charge in [0, 0.05) is 57.4 Å². The molecule has 3 aliphatic rings. The molecule has 348 valence electrons. The van der Waals surface area contributed by atoms with E-state index in [4.69, 9.17) is 44.4 Å². The summed E-state index contributed by atoms with van der Waals surface area (Å²) in [6.45, 7) is 18.2. The van der Waals surface area contributed by atoms with Gasteiger partial charge in [0.05, 0.1) is 66.6 Å². The van der Waals surface area contributed by atoms with E-state index in [2.05, 4.69) is 11.1 Å². The minimum atomic E-state index is -1.96. The van der Waals surface area contributed by atoms with E-state index >= 15 is 0 Å². The number of hydrogen-bond acceptors (Lipinski definition) is 16. The van der Waals surface area contributed by atoms with Crippen molar-refractivity contribution in [3.63, 3.8) is 0 Å². The van der Waals surface area contributed by atoms with Gasteiger partial charge in [-0.1, -0.05) is 39.8 Å². The second-order valence-electron chi connectivity index (χ2n) is 18.3. The number of oxime groups is 1. The molecule has 0 bridgehead atoms. The molecule has 16 nitrogen and oxygen atoms in total. The fourth-order valence-corrected chi connectivity index (χ4v) is 9.81. The first kappa shape index (κ1) is 52.4. The number of likely N-dealkylation sites (N-methyl/N-ethyl adjacent to an activating group) is 1. The highest BCUT2D eigenvalue weighted by Gasteiger charge is 2.55. The normalized spacial score (nSPS) is 44.5. The van der Waals surface area contributed by atoms with Gasteiger partial charge >= 0.3 is 5.97 Å². The molecule has 0 amide bonds. The van der Waals surface area contributed by atoms with E-state index < -0.39 is 101 Å². The number of methoxy groups -OCH3 is 2. The highest BCUT2D eigenvalue weighted by Crippen LogP contribution is 2.45. The Morgan fingerprint density at radius 1 is 0.967 bits per heavy atom. The van der Waals surface area contributed by atoms with Crippen LogP contribution in [-0.2, 0) is 42.8 Å². The number of terminal acetylenes is 1. The Bertz CT molecular complexity index is 1410. The Morgan fingerprint density at radius 2 is 1.63 bits per heavy atom. The van der Waals surface area contributed by atoms with Crippen LogP contribution in [0.15, 0.2) is 5.16 Å². The third-order valence-corrected chi connectivity index (χ3v) is 13.5. The van der Waals surface area contributed by atoms with Crippen LogP contribution in [0.1, 0.15) is 101 Å². The zero-order valence-corrected chi connectivity index (χ0v) is 38.4. The van der Waals surface area contributed by atoms with Crippen molar-refractivity contribution in [2.24, 2.45) is 34.7 Å². The number of rotatable bonds is 14. The van der Waals surface area contributed by atoms with Crippen molar-refractivity contribution >= 4 is 11.7 Å². The molecule has 5 N–H and O–H groups in total. The average Bonchev–Trinajstić information content (AvgIpc) is 3.19. The van der Waals surface area contributed by atoms with Gasteiger partial charge in [0.25, 0.3) is 0 Å². The van der Waals surface area contributed by atoms with E-state index in [1.54, 1.807) is 48.7 Å². The first-order valence-electron chi connectivity index (χ1n) is 21.6. The number of ether oxygens (including phenoxy) is 7. The molecule has 0 radical (unpaired) electrons. The monoisotopic (exact) mass is 859 g/mol. The van der Waals surface area contributed by atoms with Gasteiger partial charge in [-0.15, -0.1) is 12.3 Å². The second kappa shape index (κ2) is 22.6. The van der Waals surface area contributed by atoms with E-state index in [9.17, 15) is 30.3 Å². The molecular weight excluding hydrogens is 780 g/mol. The van der Waals surface area contributed by atoms with Crippen molar-refractivity contribution in [3.8, 4) is 12.3 Å². The molecule has 0 spiro atoms. The van der Waals surface area contributed by atoms with E-state index in [0.29, 0.717) is 31.7 Å². The largest absolute Gasteiger partial charge is 0.459 e. The number of esters is 1. The summed E-state index contributed by atoms with van der Waals surface area (Å²) in [6.07, 6.45) is -2.08. The highest BCUT2D eigenvalue weighted by atomic mass is 16.7. The maximum Gasteiger partial charge on any atom is 0.309 e. The quantitative estimate of drug-likeness (QED) is 0.0560. The fourth-order valence-electron chi connectivity index (χ4n) is 9.81. The lowest BCUT2D eigenvalue weighted by atomic mass is 9.67. The molecule has 0 aromatic carbocycles. The summed E-state index contributed by atoms with van der Waals surface area (Å²) in [5, 5.41) is 64.4. The van der Waals surface area contributed by atoms with Crippen LogP contribution in [0.3, 0.4) is 0 Å². The Hall–Kier alpha value is -1.98. The first-order valence-corrected chi connectivity index (χ1v) is 21.6. The van der Waals surface area contributed by atoms with Gasteiger partial charge in [0.2, 0.25) is 6.79 Å². The number of carbonyl (C=O) groups excluding carboxylic acids is 1. The molecule has 3 fully saturated rings. The Labute approximate surface area is 358 Å². The molecule has 0 saturated carbocycles. The zero-order valence-electron chi connectivity index (χ0n) is 38.4. The molecule has 60 heavy (non-hydrogen) atoms. The Kier molecular flexibility index (Phi) is 19.7. The number of aliphatic hydroxyl groups is 5. The van der Waals surface area contributed by atoms with Crippen LogP contribution in [0.4, 0.5) is 0 Å². The number of hydrogen-bond donors (Lipinski definition) is 5. The lowest BCUT2D eigenvalue weighted by Gasteiger charge is -2.51. The van der Waals surface area contributed by atoms with Crippen LogP contribution >= 0.6 is 0 Å². The van der Waals surface area contributed by atoms with Crippen molar-refractivity contribution < 1.29 is 68.3 Å². The number of aliphatic hydroxyl groups excluding tert-OH is 3. The minimum Gasteiger partial charge on any atom is -0.459 e. The number of carbonyl (C=O) groups is 1. The van der Waals surface area contributed by atoms with Crippen molar-refractivity contribution in [1.29, 1.82) is 0 Å². The van der Waals surface area contributed by atoms with Crippen LogP contribution in [0.5, 0.6) is 0 Å². The van der Waals surface area contributed by atoms with E-state index in [0.717, 1.165) is 0 Å². The van der Waals surface area contributed by atoms with E-state index in [1.807, 2.05) is 32.7 Å². The van der Waals surface area contributed by atoms with Gasteiger partial charge < -0.3 is 63.5 Å². The molecule has 3 heterocycles. The van der Waals surface area contributed by atoms with Crippen LogP contribution in [0, 0.1) is 41.9 Å². The van der Waals surface area contributed by atoms with E-state index in [-0.39, 0.29) is 44.8 Å². The summed E-state index contributed by atoms with van der Waals surface area (Å²) >= 11 is 0. The highest BCUT2D eigenvalue weighted by molar-refractivity contribution is 5.88. The SMILES string of the molecule is C#CCCN(C)C1C[C@@H](C)O[C@@H](O[C@@H]2[C@@H](C)[C@H](C3C[C@@](C)(OC)[C@@H](O)[C@H](C)O3)[C@@H](C)C(=O)OC(CC)[C@@](C)(O)[C@H](O)[C@@H](C)/C(=N/OCOCCOC)[C@H](C)C[C@@]2(C)O)[C@@H]1O. The van der Waals surface area contributed by atoms with Crippen LogP contribution in [0.2, 0.25) is 0 Å². The van der Waals surface area contributed by atoms with Gasteiger partial charge in [0.15, 0.2) is 6.29 Å². The molecule has 16 heteroatoms. The Morgan fingerprint density at radius 3 is 2.23 bits per heavy atom. The third kappa shape index (κ3) is 12.4. The first-order chi connectivity index (χ1) is 28.0. The van der Waals surface area contributed by atoms with Crippen LogP contribution in [-0.4, -0.2) is 168 Å². The molecule has 0 aromatic rings. The van der Waals surface area contributed by atoms with Gasteiger partial charge in [0.1, 0.15) is 23.9 Å². The maximum absolute atomic E-state index is 14.5. The third-order valence-electron chi connectivity index (χ3n) is 13.5.